The highest BCUT2D eigenvalue weighted by Crippen LogP contribution is 2.24. The van der Waals surface area contributed by atoms with Crippen molar-refractivity contribution in [3.63, 3.8) is 0 Å². The SMILES string of the molecule is Cc1cccc(Oc2ccc(NC(=O)Cn3c(=O)oc4ccc([N+](=O)[O-])cc43)cc2)c1. The lowest BCUT2D eigenvalue weighted by Crippen LogP contribution is -2.24. The summed E-state index contributed by atoms with van der Waals surface area (Å²) in [5.41, 5.74) is 1.73. The normalized spacial score (nSPS) is 10.7. The number of rotatable bonds is 6. The molecule has 0 saturated heterocycles. The van der Waals surface area contributed by atoms with Crippen molar-refractivity contribution < 1.29 is 18.9 Å². The molecule has 4 rings (SSSR count). The van der Waals surface area contributed by atoms with Gasteiger partial charge in [-0.2, -0.15) is 0 Å². The molecule has 156 valence electrons. The Morgan fingerprint density at radius 3 is 2.58 bits per heavy atom. The molecule has 1 N–H and O–H groups in total. The Bertz CT molecular complexity index is 1340. The number of non-ortho nitro benzene ring substituents is 1. The molecule has 0 saturated carbocycles. The van der Waals surface area contributed by atoms with Crippen LogP contribution in [-0.2, 0) is 11.3 Å². The fourth-order valence-electron chi connectivity index (χ4n) is 3.08. The van der Waals surface area contributed by atoms with Crippen LogP contribution in [0.4, 0.5) is 11.4 Å². The number of hydrogen-bond acceptors (Lipinski definition) is 6. The minimum atomic E-state index is -0.771. The van der Waals surface area contributed by atoms with Crippen LogP contribution < -0.4 is 15.8 Å². The van der Waals surface area contributed by atoms with Gasteiger partial charge in [0.1, 0.15) is 18.0 Å². The zero-order chi connectivity index (χ0) is 22.0. The molecule has 9 heteroatoms. The van der Waals surface area contributed by atoms with Crippen molar-refractivity contribution in [3.05, 3.63) is 93.0 Å². The molecule has 0 atom stereocenters. The number of anilines is 1. The molecule has 3 aromatic carbocycles. The summed E-state index contributed by atoms with van der Waals surface area (Å²) in [6.45, 7) is 1.62. The van der Waals surface area contributed by atoms with Crippen LogP contribution in [0.25, 0.3) is 11.1 Å². The topological polar surface area (TPSA) is 117 Å². The van der Waals surface area contributed by atoms with Crippen molar-refractivity contribution in [2.24, 2.45) is 0 Å². The van der Waals surface area contributed by atoms with E-state index in [1.54, 1.807) is 24.3 Å². The van der Waals surface area contributed by atoms with Gasteiger partial charge in [-0.3, -0.25) is 19.5 Å². The number of nitrogens with one attached hydrogen (secondary N) is 1. The van der Waals surface area contributed by atoms with Crippen LogP contribution in [0.1, 0.15) is 5.56 Å². The summed E-state index contributed by atoms with van der Waals surface area (Å²) >= 11 is 0. The number of carbonyl (C=O) groups excluding carboxylic acids is 1. The number of aromatic nitrogens is 1. The Morgan fingerprint density at radius 2 is 1.87 bits per heavy atom. The molecule has 9 nitrogen and oxygen atoms in total. The summed E-state index contributed by atoms with van der Waals surface area (Å²) in [6.07, 6.45) is 0. The number of aryl methyl sites for hydroxylation is 1. The molecule has 0 spiro atoms. The molecule has 0 aliphatic rings. The minimum Gasteiger partial charge on any atom is -0.457 e. The second-order valence-electron chi connectivity index (χ2n) is 6.85. The lowest BCUT2D eigenvalue weighted by molar-refractivity contribution is -0.384. The number of ether oxygens (including phenoxy) is 1. The third-order valence-electron chi connectivity index (χ3n) is 4.53. The Hall–Kier alpha value is -4.40. The van der Waals surface area contributed by atoms with Gasteiger partial charge < -0.3 is 14.5 Å². The van der Waals surface area contributed by atoms with Gasteiger partial charge in [-0.05, 0) is 55.0 Å². The Labute approximate surface area is 175 Å². The molecular weight excluding hydrogens is 402 g/mol. The van der Waals surface area contributed by atoms with Gasteiger partial charge in [0.05, 0.1) is 10.4 Å². The van der Waals surface area contributed by atoms with Gasteiger partial charge in [0.2, 0.25) is 5.91 Å². The van der Waals surface area contributed by atoms with Crippen LogP contribution in [0.5, 0.6) is 11.5 Å². The maximum atomic E-state index is 12.4. The highest BCUT2D eigenvalue weighted by atomic mass is 16.6. The average Bonchev–Trinajstić information content (AvgIpc) is 3.04. The third kappa shape index (κ3) is 4.45. The van der Waals surface area contributed by atoms with Crippen LogP contribution in [0.15, 0.2) is 75.9 Å². The number of benzene rings is 3. The van der Waals surface area contributed by atoms with E-state index in [1.165, 1.54) is 18.2 Å². The van der Waals surface area contributed by atoms with E-state index in [0.29, 0.717) is 17.2 Å². The second kappa shape index (κ2) is 8.15. The van der Waals surface area contributed by atoms with Crippen LogP contribution in [0.2, 0.25) is 0 Å². The van der Waals surface area contributed by atoms with Crippen LogP contribution in [0.3, 0.4) is 0 Å². The zero-order valence-corrected chi connectivity index (χ0v) is 16.4. The van der Waals surface area contributed by atoms with E-state index in [4.69, 9.17) is 9.15 Å². The fourth-order valence-corrected chi connectivity index (χ4v) is 3.08. The van der Waals surface area contributed by atoms with Gasteiger partial charge in [-0.15, -0.1) is 0 Å². The van der Waals surface area contributed by atoms with Crippen LogP contribution in [0, 0.1) is 17.0 Å². The van der Waals surface area contributed by atoms with Crippen LogP contribution in [-0.4, -0.2) is 15.4 Å². The molecule has 0 unspecified atom stereocenters. The number of amides is 1. The first-order valence-electron chi connectivity index (χ1n) is 9.31. The first-order chi connectivity index (χ1) is 14.9. The van der Waals surface area contributed by atoms with E-state index in [1.807, 2.05) is 31.2 Å². The third-order valence-corrected chi connectivity index (χ3v) is 4.53. The summed E-state index contributed by atoms with van der Waals surface area (Å²) in [5, 5.41) is 13.7. The molecular formula is C22H17N3O6. The first kappa shape index (κ1) is 19.9. The molecule has 31 heavy (non-hydrogen) atoms. The lowest BCUT2D eigenvalue weighted by atomic mass is 10.2. The predicted octanol–water partition coefficient (Wildman–Crippen LogP) is 4.24. The maximum absolute atomic E-state index is 12.4. The summed E-state index contributed by atoms with van der Waals surface area (Å²) in [6, 6.07) is 18.1. The number of hydrogen-bond donors (Lipinski definition) is 1. The van der Waals surface area contributed by atoms with Gasteiger partial charge in [0.25, 0.3) is 5.69 Å². The largest absolute Gasteiger partial charge is 0.457 e. The Kier molecular flexibility index (Phi) is 5.23. The Balaban J connectivity index is 1.46. The number of fused-ring (bicyclic) bond motifs is 1. The summed E-state index contributed by atoms with van der Waals surface area (Å²) in [5.74, 6) is 0.0567. The summed E-state index contributed by atoms with van der Waals surface area (Å²) in [7, 11) is 0. The minimum absolute atomic E-state index is 0.168. The quantitative estimate of drug-likeness (QED) is 0.369. The fraction of sp³-hybridized carbons (Fsp3) is 0.0909. The number of nitro benzene ring substituents is 1. The molecule has 1 heterocycles. The number of carbonyl (C=O) groups is 1. The summed E-state index contributed by atoms with van der Waals surface area (Å²) < 4.78 is 11.9. The molecule has 1 amide bonds. The van der Waals surface area contributed by atoms with E-state index >= 15 is 0 Å². The first-order valence-corrected chi connectivity index (χ1v) is 9.31. The van der Waals surface area contributed by atoms with E-state index in [9.17, 15) is 19.7 Å². The van der Waals surface area contributed by atoms with Crippen molar-refractivity contribution in [3.8, 4) is 11.5 Å². The molecule has 0 aliphatic carbocycles. The van der Waals surface area contributed by atoms with Gasteiger partial charge in [0.15, 0.2) is 5.58 Å². The average molecular weight is 419 g/mol. The highest BCUT2D eigenvalue weighted by molar-refractivity contribution is 5.91. The molecule has 0 bridgehead atoms. The molecule has 4 aromatic rings. The van der Waals surface area contributed by atoms with E-state index in [2.05, 4.69) is 5.32 Å². The highest BCUT2D eigenvalue weighted by Gasteiger charge is 2.16. The van der Waals surface area contributed by atoms with E-state index in [0.717, 1.165) is 10.1 Å². The van der Waals surface area contributed by atoms with Gasteiger partial charge in [-0.1, -0.05) is 12.1 Å². The van der Waals surface area contributed by atoms with E-state index < -0.39 is 16.6 Å². The predicted molar refractivity (Wildman–Crippen MR) is 113 cm³/mol. The standard InChI is InChI=1S/C22H17N3O6/c1-14-3-2-4-18(11-14)30-17-8-5-15(6-9-17)23-21(26)13-24-19-12-16(25(28)29)7-10-20(19)31-22(24)27/h2-12H,13H2,1H3,(H,23,26). The lowest BCUT2D eigenvalue weighted by Gasteiger charge is -2.09. The van der Waals surface area contributed by atoms with Gasteiger partial charge in [-0.25, -0.2) is 4.79 Å². The van der Waals surface area contributed by atoms with E-state index in [-0.39, 0.29) is 23.3 Å². The van der Waals surface area contributed by atoms with Crippen LogP contribution >= 0.6 is 0 Å². The summed E-state index contributed by atoms with van der Waals surface area (Å²) in [4.78, 5) is 34.9. The maximum Gasteiger partial charge on any atom is 0.420 e. The smallest absolute Gasteiger partial charge is 0.420 e. The molecule has 0 fully saturated rings. The molecule has 0 aliphatic heterocycles. The monoisotopic (exact) mass is 419 g/mol. The Morgan fingerprint density at radius 1 is 1.10 bits per heavy atom. The van der Waals surface area contributed by atoms with Crippen molar-refractivity contribution in [1.82, 2.24) is 4.57 Å². The molecule has 1 aromatic heterocycles. The number of nitro groups is 1. The molecule has 0 radical (unpaired) electrons. The van der Waals surface area contributed by atoms with Gasteiger partial charge >= 0.3 is 5.76 Å². The number of oxazole rings is 1. The van der Waals surface area contributed by atoms with Gasteiger partial charge in [0, 0.05) is 17.8 Å². The number of nitrogens with zero attached hydrogens (tertiary/aromatic N) is 2. The van der Waals surface area contributed by atoms with Crippen molar-refractivity contribution in [2.75, 3.05) is 5.32 Å². The zero-order valence-electron chi connectivity index (χ0n) is 16.4. The van der Waals surface area contributed by atoms with Crippen molar-refractivity contribution in [2.45, 2.75) is 13.5 Å². The van der Waals surface area contributed by atoms with Crippen molar-refractivity contribution in [1.29, 1.82) is 0 Å². The van der Waals surface area contributed by atoms with Crippen molar-refractivity contribution >= 4 is 28.4 Å². The second-order valence-corrected chi connectivity index (χ2v) is 6.85.